The zero-order valence-corrected chi connectivity index (χ0v) is 13.7. The van der Waals surface area contributed by atoms with Gasteiger partial charge >= 0.3 is 0 Å². The average molecular weight is 329 g/mol. The molecule has 0 saturated carbocycles. The molecule has 0 radical (unpaired) electrons. The first kappa shape index (κ1) is 15.9. The van der Waals surface area contributed by atoms with Crippen LogP contribution in [0.3, 0.4) is 0 Å². The summed E-state index contributed by atoms with van der Waals surface area (Å²) in [5.74, 6) is 0.925. The van der Waals surface area contributed by atoms with Crippen LogP contribution in [-0.2, 0) is 14.0 Å². The van der Waals surface area contributed by atoms with Crippen LogP contribution >= 0.6 is 7.37 Å². The fourth-order valence-corrected chi connectivity index (χ4v) is 2.78. The second kappa shape index (κ2) is 7.05. The summed E-state index contributed by atoms with van der Waals surface area (Å²) in [6.45, 7) is 4.66. The molecule has 0 amide bonds. The molecule has 5 atom stereocenters. The second-order valence-electron chi connectivity index (χ2n) is 5.72. The first-order valence-corrected chi connectivity index (χ1v) is 9.36. The molecular weight excluding hydrogens is 306 g/mol. The van der Waals surface area contributed by atoms with Gasteiger partial charge in [0.15, 0.2) is 6.17 Å². The molecule has 1 saturated heterocycles. The van der Waals surface area contributed by atoms with Gasteiger partial charge in [0, 0.05) is 6.66 Å². The molecule has 6 heteroatoms. The Bertz CT molecular complexity index is 601. The first-order chi connectivity index (χ1) is 10.7. The minimum Gasteiger partial charge on any atom is -0.369 e. The number of rotatable bonds is 5. The normalized spacial score (nSPS) is 32.8. The lowest BCUT2D eigenvalue weighted by Gasteiger charge is -2.20. The molecule has 1 aliphatic rings. The van der Waals surface area contributed by atoms with Gasteiger partial charge in [0.1, 0.15) is 18.3 Å². The number of ether oxygens (including phenoxy) is 2. The summed E-state index contributed by atoms with van der Waals surface area (Å²) >= 11 is 0. The van der Waals surface area contributed by atoms with Crippen molar-refractivity contribution in [3.63, 3.8) is 0 Å². The molecule has 122 valence electrons. The van der Waals surface area contributed by atoms with E-state index in [1.807, 2.05) is 6.07 Å². The molecule has 1 aromatic carbocycles. The number of benzene rings is 1. The monoisotopic (exact) mass is 329 g/mol. The highest BCUT2D eigenvalue weighted by molar-refractivity contribution is 7.60. The lowest BCUT2D eigenvalue weighted by atomic mass is 10.0. The van der Waals surface area contributed by atoms with Crippen molar-refractivity contribution in [1.29, 1.82) is 0 Å². The van der Waals surface area contributed by atoms with Crippen molar-refractivity contribution < 1.29 is 24.7 Å². The topological polar surface area (TPSA) is 55.8 Å². The van der Waals surface area contributed by atoms with Crippen molar-refractivity contribution in [2.45, 2.75) is 44.4 Å². The Morgan fingerprint density at radius 2 is 2.09 bits per heavy atom. The van der Waals surface area contributed by atoms with E-state index in [1.54, 1.807) is 38.1 Å². The summed E-state index contributed by atoms with van der Waals surface area (Å²) in [6.07, 6.45) is -4.59. The highest BCUT2D eigenvalue weighted by atomic mass is 31.2. The summed E-state index contributed by atoms with van der Waals surface area (Å²) < 4.78 is 45.6. The average Bonchev–Trinajstić information content (AvgIpc) is 2.75. The van der Waals surface area contributed by atoms with Crippen molar-refractivity contribution in [2.24, 2.45) is 0 Å². The van der Waals surface area contributed by atoms with Crippen LogP contribution < -0.4 is 0 Å². The van der Waals surface area contributed by atoms with Crippen molar-refractivity contribution in [3.8, 4) is 0 Å². The van der Waals surface area contributed by atoms with Crippen molar-refractivity contribution in [3.05, 3.63) is 47.8 Å². The van der Waals surface area contributed by atoms with Gasteiger partial charge in [-0.25, -0.2) is 4.39 Å². The molecule has 0 aromatic heterocycles. The van der Waals surface area contributed by atoms with E-state index in [0.29, 0.717) is 5.56 Å². The molecule has 0 spiro atoms. The Balaban J connectivity index is 2.32. The molecule has 22 heavy (non-hydrogen) atoms. The molecule has 1 fully saturated rings. The molecule has 0 bridgehead atoms. The molecule has 1 aliphatic heterocycles. The Morgan fingerprint density at radius 3 is 2.64 bits per heavy atom. The second-order valence-corrected chi connectivity index (χ2v) is 7.87. The summed E-state index contributed by atoms with van der Waals surface area (Å²) in [4.78, 5) is 9.43. The van der Waals surface area contributed by atoms with Crippen LogP contribution in [0.5, 0.6) is 0 Å². The predicted octanol–water partition coefficient (Wildman–Crippen LogP) is 3.67. The van der Waals surface area contributed by atoms with E-state index in [-0.39, 0.29) is 12.2 Å². The van der Waals surface area contributed by atoms with Gasteiger partial charge < -0.3 is 14.4 Å². The Morgan fingerprint density at radius 1 is 1.45 bits per heavy atom. The van der Waals surface area contributed by atoms with Gasteiger partial charge in [-0.2, -0.15) is 0 Å². The third-order valence-electron chi connectivity index (χ3n) is 3.23. The smallest absolute Gasteiger partial charge is 0.219 e. The minimum absolute atomic E-state index is 0.231. The maximum atomic E-state index is 14.8. The van der Waals surface area contributed by atoms with E-state index in [4.69, 9.17) is 10.8 Å². The largest absolute Gasteiger partial charge is 0.369 e. The van der Waals surface area contributed by atoms with Gasteiger partial charge in [-0.05, 0) is 31.3 Å². The zero-order chi connectivity index (χ0) is 17.2. The molecule has 2 rings (SSSR count). The molecule has 1 aromatic rings. The number of alkyl halides is 1. The quantitative estimate of drug-likeness (QED) is 0.838. The van der Waals surface area contributed by atoms with Gasteiger partial charge in [0.05, 0.1) is 7.47 Å². The molecular formula is C16H22FO4P. The van der Waals surface area contributed by atoms with Crippen molar-refractivity contribution in [2.75, 3.05) is 6.66 Å². The van der Waals surface area contributed by atoms with Crippen LogP contribution in [-0.4, -0.2) is 36.0 Å². The van der Waals surface area contributed by atoms with Crippen LogP contribution in [0.2, 0.25) is 0 Å². The predicted molar refractivity (Wildman–Crippen MR) is 83.9 cm³/mol. The van der Waals surface area contributed by atoms with Gasteiger partial charge in [0.25, 0.3) is 0 Å². The van der Waals surface area contributed by atoms with E-state index >= 15 is 0 Å². The highest BCUT2D eigenvalue weighted by Crippen LogP contribution is 2.41. The molecule has 4 nitrogen and oxygen atoms in total. The van der Waals surface area contributed by atoms with Crippen molar-refractivity contribution >= 4 is 7.37 Å². The van der Waals surface area contributed by atoms with Gasteiger partial charge in [-0.15, -0.1) is 0 Å². The van der Waals surface area contributed by atoms with E-state index in [2.05, 4.69) is 0 Å². The molecule has 1 heterocycles. The molecule has 1 unspecified atom stereocenters. The van der Waals surface area contributed by atoms with Gasteiger partial charge in [-0.3, -0.25) is 4.57 Å². The minimum atomic E-state index is -3.55. The van der Waals surface area contributed by atoms with Crippen LogP contribution in [0.4, 0.5) is 4.39 Å². The third kappa shape index (κ3) is 4.50. The van der Waals surface area contributed by atoms with Crippen LogP contribution in [0.15, 0.2) is 42.2 Å². The zero-order valence-electron chi connectivity index (χ0n) is 13.8. The first-order valence-electron chi connectivity index (χ1n) is 7.68. The Labute approximate surface area is 131 Å². The van der Waals surface area contributed by atoms with Crippen molar-refractivity contribution in [1.82, 2.24) is 0 Å². The number of hydrogen-bond acceptors (Lipinski definition) is 3. The fourth-order valence-electron chi connectivity index (χ4n) is 2.36. The fraction of sp³-hybridized carbons (Fsp3) is 0.500. The lowest BCUT2D eigenvalue weighted by molar-refractivity contribution is -0.0387. The lowest BCUT2D eigenvalue weighted by Crippen LogP contribution is -2.32. The van der Waals surface area contributed by atoms with E-state index < -0.39 is 31.9 Å². The third-order valence-corrected chi connectivity index (χ3v) is 3.86. The van der Waals surface area contributed by atoms with Crippen LogP contribution in [0.25, 0.3) is 0 Å². The summed E-state index contributed by atoms with van der Waals surface area (Å²) in [6, 6.07) is 8.64. The van der Waals surface area contributed by atoms with E-state index in [1.165, 1.54) is 0 Å². The van der Waals surface area contributed by atoms with Crippen LogP contribution in [0, 0.1) is 0 Å². The summed E-state index contributed by atoms with van der Waals surface area (Å²) in [7, 11) is -3.55. The van der Waals surface area contributed by atoms with E-state index in [9.17, 15) is 13.8 Å². The Hall–Kier alpha value is -1.00. The summed E-state index contributed by atoms with van der Waals surface area (Å²) in [5, 5.41) is 0. The number of halogens is 1. The molecule has 0 aliphatic carbocycles. The molecule has 1 N–H and O–H groups in total. The van der Waals surface area contributed by atoms with Crippen LogP contribution in [0.1, 0.15) is 26.9 Å². The SMILES string of the molecule is [2H]/C(=C\P(C)(=O)O)[C@H]1O[C@@H](c2ccccc2)[C@H](F)[C@@H]1OC(C)C. The highest BCUT2D eigenvalue weighted by Gasteiger charge is 2.45. The van der Waals surface area contributed by atoms with Gasteiger partial charge in [0.2, 0.25) is 7.37 Å². The maximum absolute atomic E-state index is 14.8. The van der Waals surface area contributed by atoms with Gasteiger partial charge in [-0.1, -0.05) is 30.3 Å². The Kier molecular flexibility index (Phi) is 5.09. The number of hydrogen-bond donors (Lipinski definition) is 1. The van der Waals surface area contributed by atoms with E-state index in [0.717, 1.165) is 12.5 Å². The summed E-state index contributed by atoms with van der Waals surface area (Å²) in [5.41, 5.74) is 0.649. The standard InChI is InChI=1S/C16H22FO4P/c1-11(2)20-16-13(9-10-22(3,18)19)21-15(14(16)17)12-7-5-4-6-8-12/h4-11,13-16H,1-3H3,(H,18,19)/b10-9+/t13-,14+,15+,16-/m1/s1/i9D. The maximum Gasteiger partial charge on any atom is 0.219 e.